The van der Waals surface area contributed by atoms with Gasteiger partial charge in [0.15, 0.2) is 0 Å². The Morgan fingerprint density at radius 1 is 1.16 bits per heavy atom. The number of thiazole rings is 2. The summed E-state index contributed by atoms with van der Waals surface area (Å²) in [6, 6.07) is 10.3. The van der Waals surface area contributed by atoms with Crippen LogP contribution in [0.4, 0.5) is 0 Å². The molecule has 0 saturated carbocycles. The molecule has 1 aromatic carbocycles. The zero-order chi connectivity index (χ0) is 16.8. The maximum atomic E-state index is 4.99. The van der Waals surface area contributed by atoms with E-state index in [0.29, 0.717) is 0 Å². The molecule has 0 aliphatic carbocycles. The largest absolute Gasteiger partial charge is 0.235 e. The van der Waals surface area contributed by atoms with Gasteiger partial charge in [0.05, 0.1) is 27.5 Å². The number of hydrogen-bond acceptors (Lipinski definition) is 6. The van der Waals surface area contributed by atoms with Crippen LogP contribution in [-0.4, -0.2) is 26.5 Å². The van der Waals surface area contributed by atoms with Gasteiger partial charge in [0.1, 0.15) is 9.84 Å². The number of rotatable bonds is 3. The van der Waals surface area contributed by atoms with Gasteiger partial charge in [0, 0.05) is 29.8 Å². The molecule has 0 amide bonds. The van der Waals surface area contributed by atoms with Crippen LogP contribution in [0.2, 0.25) is 0 Å². The van der Waals surface area contributed by atoms with Gasteiger partial charge in [-0.3, -0.25) is 0 Å². The van der Waals surface area contributed by atoms with Crippen molar-refractivity contribution in [3.63, 3.8) is 0 Å². The van der Waals surface area contributed by atoms with E-state index >= 15 is 0 Å². The first kappa shape index (κ1) is 14.7. The molecule has 0 saturated heterocycles. The molecule has 0 radical (unpaired) electrons. The van der Waals surface area contributed by atoms with Gasteiger partial charge in [-0.1, -0.05) is 30.3 Å². The van der Waals surface area contributed by atoms with Gasteiger partial charge in [-0.05, 0) is 6.92 Å². The first-order valence-electron chi connectivity index (χ1n) is 7.89. The Bertz CT molecular complexity index is 1130. The van der Waals surface area contributed by atoms with Crippen LogP contribution >= 0.6 is 22.7 Å². The van der Waals surface area contributed by atoms with E-state index in [4.69, 9.17) is 4.98 Å². The molecule has 1 aliphatic heterocycles. The zero-order valence-electron chi connectivity index (χ0n) is 13.4. The Morgan fingerprint density at radius 2 is 2.04 bits per heavy atom. The number of aromatic nitrogens is 3. The third-order valence-corrected chi connectivity index (χ3v) is 6.11. The van der Waals surface area contributed by atoms with E-state index in [-0.39, 0.29) is 0 Å². The van der Waals surface area contributed by atoms with Crippen molar-refractivity contribution in [2.45, 2.75) is 13.3 Å². The average Bonchev–Trinajstić information content (AvgIpc) is 3.39. The van der Waals surface area contributed by atoms with Crippen molar-refractivity contribution in [3.8, 4) is 21.8 Å². The van der Waals surface area contributed by atoms with Crippen molar-refractivity contribution < 1.29 is 0 Å². The Balaban J connectivity index is 1.74. The molecule has 5 nitrogen and oxygen atoms in total. The normalized spacial score (nSPS) is 13.7. The van der Waals surface area contributed by atoms with E-state index < -0.39 is 0 Å². The van der Waals surface area contributed by atoms with E-state index in [9.17, 15) is 0 Å². The van der Waals surface area contributed by atoms with E-state index in [1.165, 1.54) is 0 Å². The van der Waals surface area contributed by atoms with Crippen LogP contribution < -0.4 is 0 Å². The van der Waals surface area contributed by atoms with Gasteiger partial charge in [0.25, 0.3) is 0 Å². The summed E-state index contributed by atoms with van der Waals surface area (Å²) in [5.41, 5.74) is 5.16. The minimum atomic E-state index is 0.753. The fourth-order valence-corrected chi connectivity index (χ4v) is 5.09. The third kappa shape index (κ3) is 2.35. The lowest BCUT2D eigenvalue weighted by atomic mass is 10.1. The topological polar surface area (TPSA) is 54.9 Å². The molecule has 0 fully saturated rings. The number of aryl methyl sites for hydroxylation is 1. The highest BCUT2D eigenvalue weighted by molar-refractivity contribution is 7.19. The smallest absolute Gasteiger partial charge is 0.129 e. The molecule has 0 atom stereocenters. The summed E-state index contributed by atoms with van der Waals surface area (Å²) < 4.78 is 1.93. The molecule has 0 spiro atoms. The van der Waals surface area contributed by atoms with Crippen molar-refractivity contribution in [1.82, 2.24) is 14.6 Å². The molecular formula is C18H13N5S2. The molecule has 25 heavy (non-hydrogen) atoms. The van der Waals surface area contributed by atoms with Crippen LogP contribution in [0.3, 0.4) is 0 Å². The number of fused-ring (bicyclic) bond motifs is 1. The highest BCUT2D eigenvalue weighted by Crippen LogP contribution is 2.39. The zero-order valence-corrected chi connectivity index (χ0v) is 15.0. The second-order valence-electron chi connectivity index (χ2n) is 5.72. The third-order valence-electron chi connectivity index (χ3n) is 4.12. The summed E-state index contributed by atoms with van der Waals surface area (Å²) in [5, 5.41) is 16.0. The monoisotopic (exact) mass is 363 g/mol. The Morgan fingerprint density at radius 3 is 2.84 bits per heavy atom. The molecule has 0 unspecified atom stereocenters. The van der Waals surface area contributed by atoms with Crippen LogP contribution in [0, 0.1) is 6.92 Å². The van der Waals surface area contributed by atoms with E-state index in [0.717, 1.165) is 49.4 Å². The molecule has 122 valence electrons. The molecule has 4 heterocycles. The van der Waals surface area contributed by atoms with E-state index in [1.807, 2.05) is 47.4 Å². The van der Waals surface area contributed by atoms with Crippen molar-refractivity contribution in [3.05, 3.63) is 52.5 Å². The van der Waals surface area contributed by atoms with E-state index in [2.05, 4.69) is 27.4 Å². The Hall–Kier alpha value is -2.64. The number of hydrogen-bond donors (Lipinski definition) is 0. The maximum Gasteiger partial charge on any atom is 0.129 e. The fourth-order valence-electron chi connectivity index (χ4n) is 2.97. The molecule has 1 aliphatic rings. The van der Waals surface area contributed by atoms with Crippen molar-refractivity contribution in [2.24, 2.45) is 10.2 Å². The van der Waals surface area contributed by atoms with Crippen molar-refractivity contribution in [1.29, 1.82) is 0 Å². The summed E-state index contributed by atoms with van der Waals surface area (Å²) in [7, 11) is 0. The highest BCUT2D eigenvalue weighted by atomic mass is 32.1. The summed E-state index contributed by atoms with van der Waals surface area (Å²) in [6.07, 6.45) is 4.58. The summed E-state index contributed by atoms with van der Waals surface area (Å²) in [4.78, 5) is 7.21. The van der Waals surface area contributed by atoms with Gasteiger partial charge in [-0.15, -0.1) is 22.7 Å². The molecule has 4 aromatic rings. The average molecular weight is 363 g/mol. The predicted octanol–water partition coefficient (Wildman–Crippen LogP) is 4.67. The van der Waals surface area contributed by atoms with Gasteiger partial charge in [0.2, 0.25) is 0 Å². The van der Waals surface area contributed by atoms with Crippen LogP contribution in [0.25, 0.3) is 26.7 Å². The van der Waals surface area contributed by atoms with Gasteiger partial charge in [-0.2, -0.15) is 15.3 Å². The predicted molar refractivity (Wildman–Crippen MR) is 104 cm³/mol. The van der Waals surface area contributed by atoms with Gasteiger partial charge < -0.3 is 0 Å². The molecule has 0 bridgehead atoms. The number of benzene rings is 1. The minimum Gasteiger partial charge on any atom is -0.235 e. The SMILES string of the molecule is Cc1nn2ccsc2c1-c1nc(-c2ccccc2)c(C2=NN=CC2)s1. The van der Waals surface area contributed by atoms with Crippen LogP contribution in [0.1, 0.15) is 17.0 Å². The molecule has 7 heteroatoms. The lowest BCUT2D eigenvalue weighted by Gasteiger charge is -2.00. The second kappa shape index (κ2) is 5.72. The lowest BCUT2D eigenvalue weighted by Crippen LogP contribution is -1.97. The van der Waals surface area contributed by atoms with Crippen molar-refractivity contribution in [2.75, 3.05) is 0 Å². The molecule has 3 aromatic heterocycles. The van der Waals surface area contributed by atoms with Crippen LogP contribution in [0.15, 0.2) is 52.1 Å². The van der Waals surface area contributed by atoms with Crippen LogP contribution in [-0.2, 0) is 0 Å². The summed E-state index contributed by atoms with van der Waals surface area (Å²) >= 11 is 3.36. The molecule has 0 N–H and O–H groups in total. The maximum absolute atomic E-state index is 4.99. The standard InChI is InChI=1S/C18H13N5S2/c1-11-14(18-23(22-11)9-10-24-18)17-20-15(12-5-3-2-4-6-12)16(25-17)13-7-8-19-21-13/h2-6,8-10H,7H2,1H3. The number of nitrogens with zero attached hydrogens (tertiary/aromatic N) is 5. The molecular weight excluding hydrogens is 350 g/mol. The Labute approximate surface area is 152 Å². The second-order valence-corrected chi connectivity index (χ2v) is 7.62. The van der Waals surface area contributed by atoms with Gasteiger partial charge >= 0.3 is 0 Å². The van der Waals surface area contributed by atoms with Crippen LogP contribution in [0.5, 0.6) is 0 Å². The van der Waals surface area contributed by atoms with Crippen molar-refractivity contribution >= 4 is 39.4 Å². The first-order chi connectivity index (χ1) is 12.3. The highest BCUT2D eigenvalue weighted by Gasteiger charge is 2.23. The summed E-state index contributed by atoms with van der Waals surface area (Å²) in [6.45, 7) is 2.04. The Kier molecular flexibility index (Phi) is 3.36. The van der Waals surface area contributed by atoms with E-state index in [1.54, 1.807) is 22.7 Å². The lowest BCUT2D eigenvalue weighted by molar-refractivity contribution is 0.948. The van der Waals surface area contributed by atoms with Gasteiger partial charge in [-0.25, -0.2) is 9.50 Å². The quantitative estimate of drug-likeness (QED) is 0.531. The summed E-state index contributed by atoms with van der Waals surface area (Å²) in [5.74, 6) is 0. The minimum absolute atomic E-state index is 0.753. The molecule has 5 rings (SSSR count). The first-order valence-corrected chi connectivity index (χ1v) is 9.58. The fraction of sp³-hybridized carbons (Fsp3) is 0.111.